The molecule has 5 atom stereocenters. The number of carbonyl (C=O) groups is 1. The molecule has 41 heavy (non-hydrogen) atoms. The number of fused-ring (bicyclic) bond motifs is 2. The molecule has 3 N–H and O–H groups in total. The lowest BCUT2D eigenvalue weighted by atomic mass is 9.47. The van der Waals surface area contributed by atoms with E-state index in [0.29, 0.717) is 42.4 Å². The summed E-state index contributed by atoms with van der Waals surface area (Å²) in [6, 6.07) is 15.6. The molecule has 8 nitrogen and oxygen atoms in total. The number of anilines is 2. The number of hydrogen-bond donors (Lipinski definition) is 3. The predicted molar refractivity (Wildman–Crippen MR) is 161 cm³/mol. The molecule has 2 aromatic carbocycles. The SMILES string of the molecule is COc1ccc(OC)c(Nc2nc3c(s2)CC2C(C)(CO)C(O)CCC2(C)C3CC(=O)N(C)Cc2ccccc2)c1. The summed E-state index contributed by atoms with van der Waals surface area (Å²) < 4.78 is 11.0. The fourth-order valence-corrected chi connectivity index (χ4v) is 8.08. The molecule has 0 radical (unpaired) electrons. The molecule has 2 aliphatic rings. The molecule has 3 aromatic rings. The van der Waals surface area contributed by atoms with Crippen LogP contribution in [0.25, 0.3) is 0 Å². The number of nitrogens with one attached hydrogen (secondary N) is 1. The lowest BCUT2D eigenvalue weighted by molar-refractivity contribution is -0.147. The first-order valence-corrected chi connectivity index (χ1v) is 15.0. The average Bonchev–Trinajstić information content (AvgIpc) is 3.38. The maximum absolute atomic E-state index is 13.7. The van der Waals surface area contributed by atoms with Gasteiger partial charge in [-0.05, 0) is 48.3 Å². The van der Waals surface area contributed by atoms with Crippen molar-refractivity contribution < 1.29 is 24.5 Å². The number of hydrogen-bond acceptors (Lipinski definition) is 8. The van der Waals surface area contributed by atoms with Crippen LogP contribution in [0.4, 0.5) is 10.8 Å². The Kier molecular flexibility index (Phi) is 8.32. The van der Waals surface area contributed by atoms with E-state index in [-0.39, 0.29) is 29.8 Å². The Balaban J connectivity index is 1.51. The van der Waals surface area contributed by atoms with Gasteiger partial charge in [0.05, 0.1) is 38.3 Å². The number of carbonyl (C=O) groups excluding carboxylic acids is 1. The van der Waals surface area contributed by atoms with Crippen molar-refractivity contribution in [3.8, 4) is 11.5 Å². The van der Waals surface area contributed by atoms with Gasteiger partial charge >= 0.3 is 0 Å². The molecule has 9 heteroatoms. The molecule has 0 saturated heterocycles. The van der Waals surface area contributed by atoms with Gasteiger partial charge in [0.15, 0.2) is 5.13 Å². The van der Waals surface area contributed by atoms with Crippen LogP contribution in [0.15, 0.2) is 48.5 Å². The lowest BCUT2D eigenvalue weighted by Crippen LogP contribution is -2.57. The highest BCUT2D eigenvalue weighted by atomic mass is 32.1. The maximum atomic E-state index is 13.7. The van der Waals surface area contributed by atoms with E-state index in [0.717, 1.165) is 28.2 Å². The third kappa shape index (κ3) is 5.43. The van der Waals surface area contributed by atoms with Crippen LogP contribution in [0.3, 0.4) is 0 Å². The van der Waals surface area contributed by atoms with Crippen molar-refractivity contribution in [3.05, 3.63) is 64.7 Å². The number of methoxy groups -OCH3 is 2. The zero-order valence-electron chi connectivity index (χ0n) is 24.5. The molecule has 1 aromatic heterocycles. The summed E-state index contributed by atoms with van der Waals surface area (Å²) in [5.41, 5.74) is 1.78. The first-order chi connectivity index (χ1) is 19.6. The van der Waals surface area contributed by atoms with Crippen LogP contribution in [0, 0.1) is 16.7 Å². The van der Waals surface area contributed by atoms with E-state index in [9.17, 15) is 15.0 Å². The summed E-state index contributed by atoms with van der Waals surface area (Å²) in [4.78, 5) is 21.7. The van der Waals surface area contributed by atoms with E-state index in [1.807, 2.05) is 62.5 Å². The van der Waals surface area contributed by atoms with Crippen LogP contribution < -0.4 is 14.8 Å². The second-order valence-corrected chi connectivity index (χ2v) is 13.1. The number of amides is 1. The molecule has 1 saturated carbocycles. The van der Waals surface area contributed by atoms with Crippen molar-refractivity contribution in [2.45, 2.75) is 58.1 Å². The molecular weight excluding hydrogens is 538 g/mol. The molecule has 0 aliphatic heterocycles. The number of aliphatic hydroxyl groups is 2. The van der Waals surface area contributed by atoms with Crippen LogP contribution in [-0.2, 0) is 17.8 Å². The van der Waals surface area contributed by atoms with Crippen LogP contribution >= 0.6 is 11.3 Å². The van der Waals surface area contributed by atoms with Crippen molar-refractivity contribution in [2.75, 3.05) is 33.2 Å². The quantitative estimate of drug-likeness (QED) is 0.313. The Bertz CT molecular complexity index is 1380. The smallest absolute Gasteiger partial charge is 0.223 e. The topological polar surface area (TPSA) is 104 Å². The van der Waals surface area contributed by atoms with E-state index < -0.39 is 11.5 Å². The number of aromatic nitrogens is 1. The Morgan fingerprint density at radius 1 is 1.17 bits per heavy atom. The number of ether oxygens (including phenoxy) is 2. The van der Waals surface area contributed by atoms with Gasteiger partial charge in [-0.2, -0.15) is 0 Å². The highest BCUT2D eigenvalue weighted by molar-refractivity contribution is 7.15. The molecule has 220 valence electrons. The molecule has 5 rings (SSSR count). The average molecular weight is 580 g/mol. The van der Waals surface area contributed by atoms with Gasteiger partial charge < -0.3 is 29.9 Å². The zero-order valence-corrected chi connectivity index (χ0v) is 25.3. The molecule has 5 unspecified atom stereocenters. The minimum atomic E-state index is -0.671. The standard InChI is InChI=1S/C32H41N3O5S/c1-31-14-13-27(37)32(2,19-36)26(31)17-25-29(22(31)16-28(38)35(3)18-20-9-7-6-8-10-20)34-30(41-25)33-23-15-21(39-4)11-12-24(23)40-5/h6-12,15,22,26-27,36-37H,13-14,16-19H2,1-5H3,(H,33,34). The van der Waals surface area contributed by atoms with Gasteiger partial charge in [0, 0.05) is 42.3 Å². The molecule has 0 bridgehead atoms. The summed E-state index contributed by atoms with van der Waals surface area (Å²) in [6.07, 6.45) is 1.75. The van der Waals surface area contributed by atoms with E-state index in [1.165, 1.54) is 0 Å². The minimum Gasteiger partial charge on any atom is -0.497 e. The molecule has 1 heterocycles. The highest BCUT2D eigenvalue weighted by Gasteiger charge is 2.59. The highest BCUT2D eigenvalue weighted by Crippen LogP contribution is 2.63. The van der Waals surface area contributed by atoms with E-state index >= 15 is 0 Å². The van der Waals surface area contributed by atoms with Crippen molar-refractivity contribution in [1.29, 1.82) is 0 Å². The molecule has 0 spiro atoms. The van der Waals surface area contributed by atoms with Crippen molar-refractivity contribution >= 4 is 28.1 Å². The van der Waals surface area contributed by atoms with Gasteiger partial charge in [0.2, 0.25) is 5.91 Å². The molecule has 1 amide bonds. The summed E-state index contributed by atoms with van der Waals surface area (Å²) in [6.45, 7) is 4.65. The number of rotatable bonds is 9. The number of aliphatic hydroxyl groups excluding tert-OH is 2. The molecule has 1 fully saturated rings. The number of benzene rings is 2. The second kappa shape index (κ2) is 11.6. The zero-order chi connectivity index (χ0) is 29.4. The first-order valence-electron chi connectivity index (χ1n) is 14.2. The fourth-order valence-electron chi connectivity index (χ4n) is 7.00. The third-order valence-electron chi connectivity index (χ3n) is 9.61. The predicted octanol–water partition coefficient (Wildman–Crippen LogP) is 5.37. The summed E-state index contributed by atoms with van der Waals surface area (Å²) >= 11 is 1.56. The monoisotopic (exact) mass is 579 g/mol. The van der Waals surface area contributed by atoms with E-state index in [1.54, 1.807) is 30.5 Å². The minimum absolute atomic E-state index is 0.00636. The number of thiazole rings is 1. The maximum Gasteiger partial charge on any atom is 0.223 e. The normalized spacial score (nSPS) is 27.0. The third-order valence-corrected chi connectivity index (χ3v) is 10.6. The van der Waals surface area contributed by atoms with Gasteiger partial charge in [0.25, 0.3) is 0 Å². The largest absolute Gasteiger partial charge is 0.497 e. The first kappa shape index (κ1) is 29.4. The lowest BCUT2D eigenvalue weighted by Gasteiger charge is -2.58. The van der Waals surface area contributed by atoms with Crippen molar-refractivity contribution in [2.24, 2.45) is 16.7 Å². The van der Waals surface area contributed by atoms with Crippen molar-refractivity contribution in [3.63, 3.8) is 0 Å². The summed E-state index contributed by atoms with van der Waals surface area (Å²) in [5.74, 6) is 1.27. The van der Waals surface area contributed by atoms with Gasteiger partial charge in [-0.15, -0.1) is 11.3 Å². The van der Waals surface area contributed by atoms with E-state index in [2.05, 4.69) is 12.2 Å². The van der Waals surface area contributed by atoms with E-state index in [4.69, 9.17) is 14.5 Å². The fraction of sp³-hybridized carbons (Fsp3) is 0.500. The Morgan fingerprint density at radius 2 is 1.93 bits per heavy atom. The Hall–Kier alpha value is -3.14. The van der Waals surface area contributed by atoms with Gasteiger partial charge in [-0.1, -0.05) is 44.2 Å². The van der Waals surface area contributed by atoms with Gasteiger partial charge in [-0.25, -0.2) is 4.98 Å². The van der Waals surface area contributed by atoms with Gasteiger partial charge in [-0.3, -0.25) is 4.79 Å². The van der Waals surface area contributed by atoms with Crippen LogP contribution in [0.2, 0.25) is 0 Å². The Morgan fingerprint density at radius 3 is 2.61 bits per heavy atom. The van der Waals surface area contributed by atoms with Crippen LogP contribution in [0.1, 0.15) is 55.2 Å². The van der Waals surface area contributed by atoms with Crippen LogP contribution in [0.5, 0.6) is 11.5 Å². The van der Waals surface area contributed by atoms with Crippen molar-refractivity contribution in [1.82, 2.24) is 9.88 Å². The summed E-state index contributed by atoms with van der Waals surface area (Å²) in [5, 5.41) is 25.8. The Labute approximate surface area is 246 Å². The van der Waals surface area contributed by atoms with Crippen LogP contribution in [-0.4, -0.2) is 60.0 Å². The molecule has 2 aliphatic carbocycles. The number of nitrogens with zero attached hydrogens (tertiary/aromatic N) is 2. The second-order valence-electron chi connectivity index (χ2n) is 12.0. The van der Waals surface area contributed by atoms with Gasteiger partial charge in [0.1, 0.15) is 11.5 Å². The summed E-state index contributed by atoms with van der Waals surface area (Å²) in [7, 11) is 5.10. The molecular formula is C32H41N3O5S.